The van der Waals surface area contributed by atoms with Gasteiger partial charge in [0.25, 0.3) is 5.91 Å². The van der Waals surface area contributed by atoms with E-state index in [1.54, 1.807) is 0 Å². The van der Waals surface area contributed by atoms with Crippen LogP contribution in [0.3, 0.4) is 0 Å². The highest BCUT2D eigenvalue weighted by Gasteiger charge is 2.24. The first-order chi connectivity index (χ1) is 7.27. The maximum absolute atomic E-state index is 11.6. The lowest BCUT2D eigenvalue weighted by Gasteiger charge is -2.24. The predicted octanol–water partition coefficient (Wildman–Crippen LogP) is 0.210. The molecule has 0 aromatic carbocycles. The van der Waals surface area contributed by atoms with Crippen molar-refractivity contribution in [2.24, 2.45) is 0 Å². The second kappa shape index (κ2) is 6.38. The molecule has 1 saturated heterocycles. The van der Waals surface area contributed by atoms with Crippen LogP contribution < -0.4 is 5.32 Å². The number of ether oxygens (including phenoxy) is 2. The number of nitrogens with zero attached hydrogens (tertiary/aromatic N) is 1. The molecule has 0 bridgehead atoms. The number of hydrogen-bond acceptors (Lipinski definition) is 4. The van der Waals surface area contributed by atoms with Crippen LogP contribution in [0.15, 0.2) is 0 Å². The highest BCUT2D eigenvalue weighted by Crippen LogP contribution is 2.03. The van der Waals surface area contributed by atoms with Crippen molar-refractivity contribution in [2.45, 2.75) is 31.9 Å². The SMILES string of the molecule is CCC(CC#N)NC(=O)C1COCCO1. The minimum absolute atomic E-state index is 0.0898. The van der Waals surface area contributed by atoms with E-state index < -0.39 is 6.10 Å². The molecule has 84 valence electrons. The Bertz CT molecular complexity index is 244. The lowest BCUT2D eigenvalue weighted by molar-refractivity contribution is -0.148. The molecule has 0 aromatic heterocycles. The molecule has 1 fully saturated rings. The van der Waals surface area contributed by atoms with Gasteiger partial charge in [-0.15, -0.1) is 0 Å². The van der Waals surface area contributed by atoms with E-state index in [1.807, 2.05) is 13.0 Å². The zero-order valence-electron chi connectivity index (χ0n) is 8.86. The van der Waals surface area contributed by atoms with Crippen LogP contribution in [-0.4, -0.2) is 37.9 Å². The third-order valence-corrected chi connectivity index (χ3v) is 2.29. The normalized spacial score (nSPS) is 22.8. The number of nitrogens with one attached hydrogen (secondary N) is 1. The molecule has 5 heteroatoms. The molecule has 2 atom stereocenters. The van der Waals surface area contributed by atoms with Crippen LogP contribution in [0, 0.1) is 11.3 Å². The van der Waals surface area contributed by atoms with E-state index in [0.29, 0.717) is 26.2 Å². The van der Waals surface area contributed by atoms with Crippen LogP contribution in [0.25, 0.3) is 0 Å². The zero-order valence-corrected chi connectivity index (χ0v) is 8.86. The molecule has 0 saturated carbocycles. The molecule has 1 aliphatic rings. The summed E-state index contributed by atoms with van der Waals surface area (Å²) in [5, 5.41) is 11.3. The summed E-state index contributed by atoms with van der Waals surface area (Å²) in [5.74, 6) is -0.184. The molecular weight excluding hydrogens is 196 g/mol. The average Bonchev–Trinajstić information content (AvgIpc) is 2.29. The quantitative estimate of drug-likeness (QED) is 0.723. The maximum Gasteiger partial charge on any atom is 0.251 e. The molecule has 5 nitrogen and oxygen atoms in total. The number of carbonyl (C=O) groups is 1. The van der Waals surface area contributed by atoms with Gasteiger partial charge in [0, 0.05) is 6.04 Å². The van der Waals surface area contributed by atoms with E-state index in [4.69, 9.17) is 14.7 Å². The second-order valence-corrected chi connectivity index (χ2v) is 3.41. The summed E-state index contributed by atoms with van der Waals surface area (Å²) in [5.41, 5.74) is 0. The van der Waals surface area contributed by atoms with Crippen molar-refractivity contribution in [3.8, 4) is 6.07 Å². The van der Waals surface area contributed by atoms with Gasteiger partial charge in [0.2, 0.25) is 0 Å². The number of amides is 1. The Morgan fingerprint density at radius 1 is 1.67 bits per heavy atom. The van der Waals surface area contributed by atoms with Gasteiger partial charge in [-0.3, -0.25) is 4.79 Å². The van der Waals surface area contributed by atoms with Gasteiger partial charge in [0.05, 0.1) is 32.3 Å². The van der Waals surface area contributed by atoms with Gasteiger partial charge < -0.3 is 14.8 Å². The van der Waals surface area contributed by atoms with Gasteiger partial charge in [-0.25, -0.2) is 0 Å². The van der Waals surface area contributed by atoms with Crippen molar-refractivity contribution in [1.82, 2.24) is 5.32 Å². The molecule has 15 heavy (non-hydrogen) atoms. The first-order valence-electron chi connectivity index (χ1n) is 5.14. The Labute approximate surface area is 89.3 Å². The Morgan fingerprint density at radius 3 is 3.00 bits per heavy atom. The molecule has 1 amide bonds. The molecule has 1 rings (SSSR count). The minimum atomic E-state index is -0.522. The van der Waals surface area contributed by atoms with Gasteiger partial charge in [0.15, 0.2) is 6.10 Å². The van der Waals surface area contributed by atoms with E-state index in [9.17, 15) is 4.79 Å². The smallest absolute Gasteiger partial charge is 0.251 e. The van der Waals surface area contributed by atoms with Gasteiger partial charge in [-0.1, -0.05) is 6.92 Å². The summed E-state index contributed by atoms with van der Waals surface area (Å²) in [6, 6.07) is 1.95. The summed E-state index contributed by atoms with van der Waals surface area (Å²) < 4.78 is 10.4. The van der Waals surface area contributed by atoms with E-state index in [-0.39, 0.29) is 11.9 Å². The van der Waals surface area contributed by atoms with Crippen molar-refractivity contribution in [3.63, 3.8) is 0 Å². The van der Waals surface area contributed by atoms with Gasteiger partial charge in [0.1, 0.15) is 0 Å². The summed E-state index contributed by atoms with van der Waals surface area (Å²) in [4.78, 5) is 11.6. The zero-order chi connectivity index (χ0) is 11.1. The van der Waals surface area contributed by atoms with Crippen LogP contribution in [0.5, 0.6) is 0 Å². The first-order valence-corrected chi connectivity index (χ1v) is 5.14. The largest absolute Gasteiger partial charge is 0.376 e. The number of nitriles is 1. The summed E-state index contributed by atoms with van der Waals surface area (Å²) in [6.07, 6.45) is 0.550. The maximum atomic E-state index is 11.6. The molecule has 1 heterocycles. The van der Waals surface area contributed by atoms with Crippen LogP contribution in [0.4, 0.5) is 0 Å². The van der Waals surface area contributed by atoms with Gasteiger partial charge in [-0.05, 0) is 6.42 Å². The van der Waals surface area contributed by atoms with Crippen molar-refractivity contribution in [2.75, 3.05) is 19.8 Å². The lowest BCUT2D eigenvalue weighted by atomic mass is 10.1. The van der Waals surface area contributed by atoms with Gasteiger partial charge >= 0.3 is 0 Å². The molecule has 1 N–H and O–H groups in total. The Morgan fingerprint density at radius 2 is 2.47 bits per heavy atom. The van der Waals surface area contributed by atoms with E-state index in [0.717, 1.165) is 6.42 Å². The third kappa shape index (κ3) is 3.86. The third-order valence-electron chi connectivity index (χ3n) is 2.29. The standard InChI is InChI=1S/C10H16N2O3/c1-2-8(3-4-11)12-10(13)9-7-14-5-6-15-9/h8-9H,2-3,5-7H2,1H3,(H,12,13). The monoisotopic (exact) mass is 212 g/mol. The minimum Gasteiger partial charge on any atom is -0.376 e. The number of carbonyl (C=O) groups excluding carboxylic acids is 1. The molecular formula is C10H16N2O3. The fraction of sp³-hybridized carbons (Fsp3) is 0.800. The van der Waals surface area contributed by atoms with Crippen molar-refractivity contribution < 1.29 is 14.3 Å². The summed E-state index contributed by atoms with van der Waals surface area (Å²) in [7, 11) is 0. The average molecular weight is 212 g/mol. The van der Waals surface area contributed by atoms with E-state index in [2.05, 4.69) is 5.32 Å². The van der Waals surface area contributed by atoms with Crippen LogP contribution in [0.2, 0.25) is 0 Å². The molecule has 1 aliphatic heterocycles. The Balaban J connectivity index is 2.35. The Kier molecular flexibility index (Phi) is 5.08. The fourth-order valence-electron chi connectivity index (χ4n) is 1.34. The molecule has 0 spiro atoms. The van der Waals surface area contributed by atoms with E-state index >= 15 is 0 Å². The molecule has 0 aromatic rings. The topological polar surface area (TPSA) is 71.4 Å². The lowest BCUT2D eigenvalue weighted by Crippen LogP contribution is -2.46. The second-order valence-electron chi connectivity index (χ2n) is 3.41. The van der Waals surface area contributed by atoms with Crippen molar-refractivity contribution in [1.29, 1.82) is 5.26 Å². The highest BCUT2D eigenvalue weighted by molar-refractivity contribution is 5.81. The van der Waals surface area contributed by atoms with Crippen LogP contribution in [0.1, 0.15) is 19.8 Å². The molecule has 0 aliphatic carbocycles. The fourth-order valence-corrected chi connectivity index (χ4v) is 1.34. The number of rotatable bonds is 4. The Hall–Kier alpha value is -1.12. The number of hydrogen-bond donors (Lipinski definition) is 1. The molecule has 0 radical (unpaired) electrons. The van der Waals surface area contributed by atoms with Crippen LogP contribution in [-0.2, 0) is 14.3 Å². The van der Waals surface area contributed by atoms with Crippen LogP contribution >= 0.6 is 0 Å². The van der Waals surface area contributed by atoms with Crippen molar-refractivity contribution in [3.05, 3.63) is 0 Å². The summed E-state index contributed by atoms with van der Waals surface area (Å²) in [6.45, 7) is 3.22. The van der Waals surface area contributed by atoms with Gasteiger partial charge in [-0.2, -0.15) is 5.26 Å². The molecule has 2 unspecified atom stereocenters. The van der Waals surface area contributed by atoms with E-state index in [1.165, 1.54) is 0 Å². The first kappa shape index (κ1) is 12.0. The van der Waals surface area contributed by atoms with Crippen molar-refractivity contribution >= 4 is 5.91 Å². The highest BCUT2D eigenvalue weighted by atomic mass is 16.6. The predicted molar refractivity (Wildman–Crippen MR) is 53.0 cm³/mol. The summed E-state index contributed by atoms with van der Waals surface area (Å²) >= 11 is 0.